The lowest BCUT2D eigenvalue weighted by Crippen LogP contribution is -2.00. The van der Waals surface area contributed by atoms with Crippen molar-refractivity contribution in [2.24, 2.45) is 0 Å². The zero-order chi connectivity index (χ0) is 29.0. The first-order valence-electron chi connectivity index (χ1n) is 14.4. The van der Waals surface area contributed by atoms with Gasteiger partial charge in [0.2, 0.25) is 0 Å². The minimum atomic E-state index is 0.770. The van der Waals surface area contributed by atoms with Crippen LogP contribution in [0.25, 0.3) is 78.2 Å². The summed E-state index contributed by atoms with van der Waals surface area (Å²) in [5, 5.41) is 1.07. The van der Waals surface area contributed by atoms with Crippen LogP contribution < -0.4 is 0 Å². The molecule has 0 fully saturated rings. The van der Waals surface area contributed by atoms with E-state index in [9.17, 15) is 0 Å². The molecule has 0 amide bonds. The first-order chi connectivity index (χ1) is 21.8. The SMILES string of the molecule is c1ccc(-n2c3cccnc3c3nc4c5ccccc5n(-c5cc(-c6ccccn6)nc(-c6ccccn6)c5)c4cc32)cc1. The van der Waals surface area contributed by atoms with Crippen LogP contribution in [0.4, 0.5) is 0 Å². The number of pyridine rings is 5. The molecule has 0 radical (unpaired) electrons. The highest BCUT2D eigenvalue weighted by molar-refractivity contribution is 6.14. The standard InChI is InChI=1S/C37H23N7/c1-2-11-24(12-3-1)43-32-17-10-20-40-36(32)37-34(43)23-33-35(42-37)26-13-4-5-16-31(26)44(33)25-21-29(27-14-6-8-18-38-27)41-30(22-25)28-15-7-9-19-39-28/h1-23H. The highest BCUT2D eigenvalue weighted by Gasteiger charge is 2.21. The van der Waals surface area contributed by atoms with Crippen LogP contribution in [0.1, 0.15) is 0 Å². The Morgan fingerprint density at radius 2 is 0.977 bits per heavy atom. The Labute approximate surface area is 251 Å². The summed E-state index contributed by atoms with van der Waals surface area (Å²) in [4.78, 5) is 24.4. The minimum Gasteiger partial charge on any atom is -0.307 e. The molecule has 7 aromatic heterocycles. The van der Waals surface area contributed by atoms with Crippen molar-refractivity contribution in [2.75, 3.05) is 0 Å². The zero-order valence-corrected chi connectivity index (χ0v) is 23.4. The van der Waals surface area contributed by atoms with E-state index >= 15 is 0 Å². The van der Waals surface area contributed by atoms with Crippen LogP contribution in [-0.4, -0.2) is 34.1 Å². The lowest BCUT2D eigenvalue weighted by Gasteiger charge is -2.13. The zero-order valence-electron chi connectivity index (χ0n) is 23.4. The molecule has 206 valence electrons. The van der Waals surface area contributed by atoms with Gasteiger partial charge in [-0.05, 0) is 72.8 Å². The third kappa shape index (κ3) is 3.73. The summed E-state index contributed by atoms with van der Waals surface area (Å²) >= 11 is 0. The van der Waals surface area contributed by atoms with Gasteiger partial charge in [-0.1, -0.05) is 48.5 Å². The summed E-state index contributed by atoms with van der Waals surface area (Å²) in [6.07, 6.45) is 5.42. The van der Waals surface area contributed by atoms with Crippen molar-refractivity contribution in [1.29, 1.82) is 0 Å². The van der Waals surface area contributed by atoms with E-state index in [0.717, 1.165) is 78.2 Å². The number of fused-ring (bicyclic) bond motifs is 6. The third-order valence-electron chi connectivity index (χ3n) is 8.05. The molecule has 0 atom stereocenters. The smallest absolute Gasteiger partial charge is 0.116 e. The van der Waals surface area contributed by atoms with Crippen LogP contribution in [0, 0.1) is 0 Å². The maximum atomic E-state index is 5.34. The maximum Gasteiger partial charge on any atom is 0.116 e. The summed E-state index contributed by atoms with van der Waals surface area (Å²) in [7, 11) is 0. The molecular weight excluding hydrogens is 542 g/mol. The monoisotopic (exact) mass is 565 g/mol. The quantitative estimate of drug-likeness (QED) is 0.215. The van der Waals surface area contributed by atoms with Crippen LogP contribution in [0.3, 0.4) is 0 Å². The first kappa shape index (κ1) is 24.4. The van der Waals surface area contributed by atoms with Crippen LogP contribution in [0.2, 0.25) is 0 Å². The van der Waals surface area contributed by atoms with Gasteiger partial charge in [0.05, 0.1) is 56.0 Å². The van der Waals surface area contributed by atoms with Gasteiger partial charge in [-0.2, -0.15) is 0 Å². The van der Waals surface area contributed by atoms with E-state index in [-0.39, 0.29) is 0 Å². The summed E-state index contributed by atoms with van der Waals surface area (Å²) < 4.78 is 4.52. The second-order valence-corrected chi connectivity index (χ2v) is 10.6. The van der Waals surface area contributed by atoms with Crippen molar-refractivity contribution in [3.05, 3.63) is 140 Å². The molecule has 0 saturated heterocycles. The fraction of sp³-hybridized carbons (Fsp3) is 0. The Bertz CT molecular complexity index is 2420. The average Bonchev–Trinajstić information content (AvgIpc) is 3.60. The molecular formula is C37H23N7. The molecule has 0 N–H and O–H groups in total. The van der Waals surface area contributed by atoms with E-state index < -0.39 is 0 Å². The number of nitrogens with zero attached hydrogens (tertiary/aromatic N) is 7. The van der Waals surface area contributed by atoms with Gasteiger partial charge >= 0.3 is 0 Å². The van der Waals surface area contributed by atoms with Crippen molar-refractivity contribution in [2.45, 2.75) is 0 Å². The molecule has 7 heterocycles. The predicted octanol–water partition coefficient (Wildman–Crippen LogP) is 8.19. The molecule has 9 rings (SSSR count). The van der Waals surface area contributed by atoms with E-state index in [1.54, 1.807) is 12.4 Å². The van der Waals surface area contributed by atoms with Crippen LogP contribution in [-0.2, 0) is 0 Å². The number of hydrogen-bond donors (Lipinski definition) is 0. The Hall–Kier alpha value is -6.21. The summed E-state index contributed by atoms with van der Waals surface area (Å²) in [6.45, 7) is 0. The van der Waals surface area contributed by atoms with Crippen molar-refractivity contribution in [3.8, 4) is 34.2 Å². The van der Waals surface area contributed by atoms with Gasteiger partial charge in [0.1, 0.15) is 11.0 Å². The number of hydrogen-bond acceptors (Lipinski definition) is 5. The number of aromatic nitrogens is 7. The van der Waals surface area contributed by atoms with Crippen LogP contribution >= 0.6 is 0 Å². The maximum absolute atomic E-state index is 5.34. The average molecular weight is 566 g/mol. The molecule has 0 aliphatic carbocycles. The molecule has 0 aliphatic rings. The summed E-state index contributed by atoms with van der Waals surface area (Å²) in [5.41, 5.74) is 11.9. The highest BCUT2D eigenvalue weighted by Crippen LogP contribution is 2.38. The second kappa shape index (κ2) is 9.68. The van der Waals surface area contributed by atoms with Crippen molar-refractivity contribution >= 4 is 44.0 Å². The van der Waals surface area contributed by atoms with E-state index in [1.807, 2.05) is 54.7 Å². The molecule has 0 spiro atoms. The summed E-state index contributed by atoms with van der Waals surface area (Å²) in [6, 6.07) is 41.1. The topological polar surface area (TPSA) is 74.3 Å². The molecule has 44 heavy (non-hydrogen) atoms. The van der Waals surface area contributed by atoms with E-state index in [2.05, 4.69) is 91.9 Å². The molecule has 0 bridgehead atoms. The van der Waals surface area contributed by atoms with Crippen molar-refractivity contribution < 1.29 is 0 Å². The molecule has 0 saturated carbocycles. The first-order valence-corrected chi connectivity index (χ1v) is 14.4. The Morgan fingerprint density at radius 3 is 1.70 bits per heavy atom. The number of para-hydroxylation sites is 2. The molecule has 0 unspecified atom stereocenters. The van der Waals surface area contributed by atoms with Gasteiger partial charge in [0.15, 0.2) is 0 Å². The van der Waals surface area contributed by atoms with Gasteiger partial charge in [-0.15, -0.1) is 0 Å². The molecule has 9 aromatic rings. The number of benzene rings is 2. The molecule has 2 aromatic carbocycles. The molecule has 0 aliphatic heterocycles. The molecule has 7 heteroatoms. The van der Waals surface area contributed by atoms with Crippen LogP contribution in [0.5, 0.6) is 0 Å². The van der Waals surface area contributed by atoms with Gasteiger partial charge in [0, 0.05) is 29.7 Å². The Balaban J connectivity index is 1.41. The van der Waals surface area contributed by atoms with E-state index in [4.69, 9.17) is 15.0 Å². The van der Waals surface area contributed by atoms with Gasteiger partial charge < -0.3 is 9.13 Å². The Morgan fingerprint density at radius 1 is 0.364 bits per heavy atom. The minimum absolute atomic E-state index is 0.770. The van der Waals surface area contributed by atoms with E-state index in [1.165, 1.54) is 0 Å². The van der Waals surface area contributed by atoms with E-state index in [0.29, 0.717) is 0 Å². The fourth-order valence-corrected chi connectivity index (χ4v) is 6.16. The normalized spacial score (nSPS) is 11.6. The number of rotatable bonds is 4. The fourth-order valence-electron chi connectivity index (χ4n) is 6.16. The van der Waals surface area contributed by atoms with Crippen molar-refractivity contribution in [1.82, 2.24) is 34.1 Å². The molecule has 7 nitrogen and oxygen atoms in total. The van der Waals surface area contributed by atoms with Gasteiger partial charge in [-0.3, -0.25) is 15.0 Å². The second-order valence-electron chi connectivity index (χ2n) is 10.6. The van der Waals surface area contributed by atoms with Gasteiger partial charge in [-0.25, -0.2) is 9.97 Å². The van der Waals surface area contributed by atoms with Crippen LogP contribution in [0.15, 0.2) is 140 Å². The van der Waals surface area contributed by atoms with Gasteiger partial charge in [0.25, 0.3) is 0 Å². The third-order valence-corrected chi connectivity index (χ3v) is 8.05. The summed E-state index contributed by atoms with van der Waals surface area (Å²) in [5.74, 6) is 0. The largest absolute Gasteiger partial charge is 0.307 e. The lowest BCUT2D eigenvalue weighted by atomic mass is 10.1. The van der Waals surface area contributed by atoms with Crippen molar-refractivity contribution in [3.63, 3.8) is 0 Å². The predicted molar refractivity (Wildman–Crippen MR) is 175 cm³/mol. The Kier molecular flexibility index (Phi) is 5.36. The highest BCUT2D eigenvalue weighted by atomic mass is 15.0. The lowest BCUT2D eigenvalue weighted by molar-refractivity contribution is 1.14.